The van der Waals surface area contributed by atoms with Crippen LogP contribution < -0.4 is 5.46 Å². The van der Waals surface area contributed by atoms with E-state index in [1.807, 2.05) is 0 Å². The minimum atomic E-state index is -4.96. The first kappa shape index (κ1) is 19.8. The number of rotatable bonds is 4. The summed E-state index contributed by atoms with van der Waals surface area (Å²) >= 11 is 0. The lowest BCUT2D eigenvalue weighted by atomic mass is 9.79. The molecular formula is C14H17BF6O2+. The van der Waals surface area contributed by atoms with Gasteiger partial charge in [-0.25, -0.2) is 0 Å². The molecule has 0 spiro atoms. The fourth-order valence-electron chi connectivity index (χ4n) is 1.48. The maximum absolute atomic E-state index is 13.0. The Morgan fingerprint density at radius 1 is 0.913 bits per heavy atom. The fourth-order valence-corrected chi connectivity index (χ4v) is 1.48. The lowest BCUT2D eigenvalue weighted by Gasteiger charge is -2.34. The summed E-state index contributed by atoms with van der Waals surface area (Å²) in [7, 11) is 0.834. The van der Waals surface area contributed by atoms with E-state index in [1.165, 1.54) is 27.7 Å². The van der Waals surface area contributed by atoms with Crippen molar-refractivity contribution in [1.82, 2.24) is 0 Å². The van der Waals surface area contributed by atoms with Gasteiger partial charge in [0.05, 0.1) is 11.1 Å². The van der Waals surface area contributed by atoms with Crippen molar-refractivity contribution in [3.8, 4) is 0 Å². The molecule has 1 aromatic rings. The summed E-state index contributed by atoms with van der Waals surface area (Å²) in [6.07, 6.45) is -9.83. The van der Waals surface area contributed by atoms with Crippen LogP contribution in [-0.2, 0) is 12.4 Å². The number of aliphatic hydroxyl groups is 2. The lowest BCUT2D eigenvalue weighted by Crippen LogP contribution is -2.52. The van der Waals surface area contributed by atoms with Gasteiger partial charge in [-0.2, -0.15) is 26.3 Å². The Morgan fingerprint density at radius 3 is 1.83 bits per heavy atom. The van der Waals surface area contributed by atoms with Crippen molar-refractivity contribution in [1.29, 1.82) is 0 Å². The Labute approximate surface area is 130 Å². The van der Waals surface area contributed by atoms with E-state index in [9.17, 15) is 31.4 Å². The van der Waals surface area contributed by atoms with Crippen LogP contribution in [0.3, 0.4) is 0 Å². The van der Waals surface area contributed by atoms with Gasteiger partial charge in [0, 0.05) is 19.3 Å². The van der Waals surface area contributed by atoms with Crippen molar-refractivity contribution in [3.63, 3.8) is 0 Å². The van der Waals surface area contributed by atoms with Crippen molar-refractivity contribution in [2.75, 3.05) is 0 Å². The van der Waals surface area contributed by atoms with Gasteiger partial charge in [-0.15, -0.1) is 0 Å². The van der Waals surface area contributed by atoms with Crippen LogP contribution >= 0.6 is 0 Å². The molecule has 0 heterocycles. The van der Waals surface area contributed by atoms with Crippen molar-refractivity contribution in [2.45, 2.75) is 51.2 Å². The van der Waals surface area contributed by atoms with Gasteiger partial charge in [0.1, 0.15) is 5.60 Å². The summed E-state index contributed by atoms with van der Waals surface area (Å²) in [6.45, 7) is 5.87. The second-order valence-corrected chi connectivity index (χ2v) is 6.17. The van der Waals surface area contributed by atoms with Crippen molar-refractivity contribution >= 4 is 12.9 Å². The summed E-state index contributed by atoms with van der Waals surface area (Å²) in [6, 6.07) is 1.34. The number of alkyl halides is 6. The first-order chi connectivity index (χ1) is 10.1. The highest BCUT2D eigenvalue weighted by atomic mass is 19.4. The highest BCUT2D eigenvalue weighted by molar-refractivity contribution is 6.47. The van der Waals surface area contributed by atoms with E-state index in [0.29, 0.717) is 6.07 Å². The standard InChI is InChI=1S/C14H17BF6O2/c1-11(2,22)12(3,4)23-15-10-6-5-8(13(16,17)18)7-9(10)14(19,20)21/h5-7,22-23H,1-4H3/q+1. The van der Waals surface area contributed by atoms with Crippen LogP contribution in [0.2, 0.25) is 0 Å². The topological polar surface area (TPSA) is 33.0 Å². The first-order valence-electron chi connectivity index (χ1n) is 6.62. The molecular weight excluding hydrogens is 325 g/mol. The Bertz CT molecular complexity index is 558. The maximum Gasteiger partial charge on any atom is 0.625 e. The van der Waals surface area contributed by atoms with Crippen LogP contribution in [0.1, 0.15) is 38.8 Å². The van der Waals surface area contributed by atoms with E-state index in [-0.39, 0.29) is 6.07 Å². The molecule has 0 atom stereocenters. The zero-order chi connectivity index (χ0) is 18.3. The van der Waals surface area contributed by atoms with E-state index in [2.05, 4.69) is 4.65 Å². The molecule has 0 bridgehead atoms. The Morgan fingerprint density at radius 2 is 1.43 bits per heavy atom. The third-order valence-corrected chi connectivity index (χ3v) is 3.71. The molecule has 0 aliphatic carbocycles. The summed E-state index contributed by atoms with van der Waals surface area (Å²) in [5.41, 5.74) is -5.76. The Balaban J connectivity index is 3.18. The zero-order valence-corrected chi connectivity index (χ0v) is 13.0. The van der Waals surface area contributed by atoms with Crippen molar-refractivity contribution < 1.29 is 36.1 Å². The van der Waals surface area contributed by atoms with E-state index in [1.54, 1.807) is 0 Å². The number of hydrogen-bond acceptors (Lipinski definition) is 1. The molecule has 1 aromatic carbocycles. The van der Waals surface area contributed by atoms with Crippen LogP contribution in [0.25, 0.3) is 0 Å². The van der Waals surface area contributed by atoms with Gasteiger partial charge in [0.15, 0.2) is 5.60 Å². The quantitative estimate of drug-likeness (QED) is 0.509. The minimum absolute atomic E-state index is 0.0540. The molecule has 129 valence electrons. The van der Waals surface area contributed by atoms with Gasteiger partial charge in [-0.3, -0.25) is 0 Å². The average Bonchev–Trinajstić information content (AvgIpc) is 2.32. The summed E-state index contributed by atoms with van der Waals surface area (Å²) in [5, 5.41) is 9.92. The predicted molar refractivity (Wildman–Crippen MR) is 74.4 cm³/mol. The SMILES string of the molecule is CC(C)(O)C(C)(C)[OH+][B]c1ccc(C(F)(F)F)cc1C(F)(F)F. The van der Waals surface area contributed by atoms with Gasteiger partial charge < -0.3 is 9.76 Å². The molecule has 23 heavy (non-hydrogen) atoms. The minimum Gasteiger partial charge on any atom is -0.530 e. The predicted octanol–water partition coefficient (Wildman–Crippen LogP) is 3.05. The maximum atomic E-state index is 13.0. The number of hydrogen-bond donors (Lipinski definition) is 1. The van der Waals surface area contributed by atoms with Crippen LogP contribution in [0.4, 0.5) is 26.3 Å². The van der Waals surface area contributed by atoms with Crippen LogP contribution in [0.15, 0.2) is 18.2 Å². The van der Waals surface area contributed by atoms with Crippen LogP contribution in [0.5, 0.6) is 0 Å². The number of halogens is 6. The van der Waals surface area contributed by atoms with Gasteiger partial charge in [0.2, 0.25) is 0 Å². The molecule has 9 heteroatoms. The number of benzene rings is 1. The molecule has 0 amide bonds. The van der Waals surface area contributed by atoms with E-state index in [0.717, 1.165) is 13.5 Å². The molecule has 0 aliphatic rings. The molecule has 1 radical (unpaired) electrons. The molecule has 0 saturated heterocycles. The fraction of sp³-hybridized carbons (Fsp3) is 0.571. The smallest absolute Gasteiger partial charge is 0.530 e. The van der Waals surface area contributed by atoms with Crippen molar-refractivity contribution in [3.05, 3.63) is 29.3 Å². The Hall–Kier alpha value is -1.22. The van der Waals surface area contributed by atoms with E-state index < -0.39 is 40.1 Å². The van der Waals surface area contributed by atoms with Gasteiger partial charge >= 0.3 is 19.8 Å². The second-order valence-electron chi connectivity index (χ2n) is 6.17. The third-order valence-electron chi connectivity index (χ3n) is 3.71. The van der Waals surface area contributed by atoms with Gasteiger partial charge in [0.25, 0.3) is 0 Å². The third kappa shape index (κ3) is 4.88. The molecule has 0 aliphatic heterocycles. The average molecular weight is 342 g/mol. The molecule has 0 saturated carbocycles. The van der Waals surface area contributed by atoms with Gasteiger partial charge in [-0.05, 0) is 19.9 Å². The normalized spacial score (nSPS) is 14.0. The second kappa shape index (κ2) is 6.01. The van der Waals surface area contributed by atoms with Crippen molar-refractivity contribution in [2.24, 2.45) is 0 Å². The molecule has 2 nitrogen and oxygen atoms in total. The first-order valence-corrected chi connectivity index (χ1v) is 6.62. The summed E-state index contributed by atoms with van der Waals surface area (Å²) in [5.74, 6) is 0. The highest BCUT2D eigenvalue weighted by Gasteiger charge is 2.44. The van der Waals surface area contributed by atoms with Gasteiger partial charge in [-0.1, -0.05) is 12.1 Å². The lowest BCUT2D eigenvalue weighted by molar-refractivity contribution is -0.158. The molecule has 0 fully saturated rings. The largest absolute Gasteiger partial charge is 0.625 e. The molecule has 1 rings (SSSR count). The molecule has 0 aromatic heterocycles. The molecule has 0 unspecified atom stereocenters. The van der Waals surface area contributed by atoms with Crippen LogP contribution in [0, 0.1) is 0 Å². The molecule has 2 N–H and O–H groups in total. The highest BCUT2D eigenvalue weighted by Crippen LogP contribution is 2.34. The summed E-state index contributed by atoms with van der Waals surface area (Å²) in [4.78, 5) is 0. The van der Waals surface area contributed by atoms with Crippen LogP contribution in [-0.4, -0.2) is 28.4 Å². The monoisotopic (exact) mass is 342 g/mol. The summed E-state index contributed by atoms with van der Waals surface area (Å²) < 4.78 is 80.6. The van der Waals surface area contributed by atoms with E-state index in [4.69, 9.17) is 0 Å². The van der Waals surface area contributed by atoms with E-state index >= 15 is 0 Å². The Kier molecular flexibility index (Phi) is 5.18. The zero-order valence-electron chi connectivity index (χ0n) is 13.0.